The number of benzene rings is 2. The third-order valence-corrected chi connectivity index (χ3v) is 7.90. The lowest BCUT2D eigenvalue weighted by Crippen LogP contribution is -2.32. The average Bonchev–Trinajstić information content (AvgIpc) is 3.26. The molecule has 0 radical (unpaired) electrons. The van der Waals surface area contributed by atoms with Gasteiger partial charge in [-0.1, -0.05) is 66.1 Å². The summed E-state index contributed by atoms with van der Waals surface area (Å²) in [4.78, 5) is 18.7. The molecule has 9 heteroatoms. The van der Waals surface area contributed by atoms with Crippen molar-refractivity contribution in [2.75, 3.05) is 58.6 Å². The van der Waals surface area contributed by atoms with Gasteiger partial charge in [0.1, 0.15) is 9.23 Å². The fourth-order valence-electron chi connectivity index (χ4n) is 3.42. The van der Waals surface area contributed by atoms with E-state index in [0.717, 1.165) is 10.7 Å². The van der Waals surface area contributed by atoms with Crippen molar-refractivity contribution in [3.63, 3.8) is 0 Å². The van der Waals surface area contributed by atoms with Crippen LogP contribution in [0.15, 0.2) is 51.2 Å². The Bertz CT molecular complexity index is 1030. The van der Waals surface area contributed by atoms with Gasteiger partial charge in [-0.05, 0) is 16.8 Å². The van der Waals surface area contributed by atoms with Gasteiger partial charge in [-0.15, -0.1) is 0 Å². The lowest BCUT2D eigenvalue weighted by atomic mass is 10.1. The molecule has 0 aromatic heterocycles. The smallest absolute Gasteiger partial charge is 0.268 e. The molecule has 0 bridgehead atoms. The van der Waals surface area contributed by atoms with E-state index >= 15 is 0 Å². The molecule has 2 aromatic rings. The highest BCUT2D eigenvalue weighted by Gasteiger charge is 2.38. The van der Waals surface area contributed by atoms with Gasteiger partial charge < -0.3 is 19.1 Å². The number of hydrogen-bond donors (Lipinski definition) is 0. The van der Waals surface area contributed by atoms with E-state index in [-0.39, 0.29) is 5.91 Å². The zero-order chi connectivity index (χ0) is 21.8. The van der Waals surface area contributed by atoms with E-state index < -0.39 is 0 Å². The minimum atomic E-state index is -0.0543. The first-order valence-corrected chi connectivity index (χ1v) is 12.0. The van der Waals surface area contributed by atoms with Gasteiger partial charge in [0, 0.05) is 19.1 Å². The predicted octanol–water partition coefficient (Wildman–Crippen LogP) is 4.09. The van der Waals surface area contributed by atoms with E-state index in [1.165, 1.54) is 27.4 Å². The van der Waals surface area contributed by atoms with Gasteiger partial charge in [0.25, 0.3) is 5.91 Å². The Morgan fingerprint density at radius 2 is 1.71 bits per heavy atom. The second-order valence-corrected chi connectivity index (χ2v) is 9.62. The predicted molar refractivity (Wildman–Crippen MR) is 131 cm³/mol. The van der Waals surface area contributed by atoms with Crippen molar-refractivity contribution in [1.29, 1.82) is 0 Å². The summed E-state index contributed by atoms with van der Waals surface area (Å²) in [6.45, 7) is 2.93. The highest BCUT2D eigenvalue weighted by molar-refractivity contribution is 8.27. The van der Waals surface area contributed by atoms with Gasteiger partial charge in [-0.2, -0.15) is 0 Å². The fraction of sp³-hybridized carbons (Fsp3) is 0.364. The normalized spacial score (nSPS) is 18.5. The highest BCUT2D eigenvalue weighted by Crippen LogP contribution is 2.52. The Morgan fingerprint density at radius 3 is 2.52 bits per heavy atom. The van der Waals surface area contributed by atoms with Crippen LogP contribution in [-0.2, 0) is 19.0 Å². The van der Waals surface area contributed by atoms with E-state index in [1.807, 2.05) is 19.2 Å². The highest BCUT2D eigenvalue weighted by atomic mass is 32.2. The number of anilines is 1. The first kappa shape index (κ1) is 22.6. The molecule has 1 fully saturated rings. The van der Waals surface area contributed by atoms with E-state index in [4.69, 9.17) is 26.4 Å². The first-order chi connectivity index (χ1) is 15.1. The Hall–Kier alpha value is -1.62. The first-order valence-electron chi connectivity index (χ1n) is 9.97. The topological polar surface area (TPSA) is 51.2 Å². The number of carbonyl (C=O) groups is 1. The summed E-state index contributed by atoms with van der Waals surface area (Å²) in [5.74, 6) is -0.0543. The zero-order valence-electron chi connectivity index (χ0n) is 17.5. The molecule has 0 N–H and O–H groups in total. The van der Waals surface area contributed by atoms with Crippen molar-refractivity contribution < 1.29 is 19.0 Å². The van der Waals surface area contributed by atoms with Gasteiger partial charge >= 0.3 is 0 Å². The number of methoxy groups -OCH3 is 1. The summed E-state index contributed by atoms with van der Waals surface area (Å²) < 4.78 is 16.5. The van der Waals surface area contributed by atoms with Crippen LogP contribution in [0.2, 0.25) is 0 Å². The van der Waals surface area contributed by atoms with E-state index in [0.29, 0.717) is 48.8 Å². The molecular weight excluding hydrogens is 452 g/mol. The van der Waals surface area contributed by atoms with Crippen molar-refractivity contribution in [3.8, 4) is 0 Å². The largest absolute Gasteiger partial charge is 0.382 e. The molecule has 2 aliphatic rings. The molecule has 164 valence electrons. The number of ether oxygens (including phenoxy) is 3. The lowest BCUT2D eigenvalue weighted by molar-refractivity contribution is -0.122. The van der Waals surface area contributed by atoms with Crippen LogP contribution in [0.3, 0.4) is 0 Å². The van der Waals surface area contributed by atoms with Gasteiger partial charge in [0.2, 0.25) is 0 Å². The molecule has 1 saturated heterocycles. The van der Waals surface area contributed by atoms with Crippen molar-refractivity contribution in [1.82, 2.24) is 4.90 Å². The summed E-state index contributed by atoms with van der Waals surface area (Å²) in [5.41, 5.74) is 1.11. The van der Waals surface area contributed by atoms with Crippen LogP contribution in [0.25, 0.3) is 10.8 Å². The summed E-state index contributed by atoms with van der Waals surface area (Å²) in [6, 6.07) is 12.5. The summed E-state index contributed by atoms with van der Waals surface area (Å²) >= 11 is 8.50. The third-order valence-electron chi connectivity index (χ3n) is 5.03. The van der Waals surface area contributed by atoms with Crippen LogP contribution in [0, 0.1) is 0 Å². The third kappa shape index (κ3) is 4.76. The SMILES string of the molecule is COCCOCCOCCN1C(=O)C(=C2Sc3c(ccc4ccccc34)N2C)SC1=S. The van der Waals surface area contributed by atoms with Crippen LogP contribution >= 0.6 is 35.7 Å². The minimum Gasteiger partial charge on any atom is -0.382 e. The Morgan fingerprint density at radius 1 is 0.968 bits per heavy atom. The number of thioether (sulfide) groups is 2. The van der Waals surface area contributed by atoms with Gasteiger partial charge in [-0.3, -0.25) is 9.69 Å². The standard InChI is InChI=1S/C22H24N2O4S3/c1-23-17-8-7-15-5-3-4-6-16(15)18(17)30-21(23)19-20(25)24(22(29)31-19)9-10-27-13-14-28-12-11-26-2/h3-8H,9-14H2,1-2H3. The second-order valence-electron chi connectivity index (χ2n) is 6.97. The van der Waals surface area contributed by atoms with Crippen LogP contribution in [0.5, 0.6) is 0 Å². The zero-order valence-corrected chi connectivity index (χ0v) is 19.9. The Balaban J connectivity index is 1.40. The van der Waals surface area contributed by atoms with Crippen molar-refractivity contribution in [3.05, 3.63) is 46.3 Å². The molecule has 0 saturated carbocycles. The average molecular weight is 477 g/mol. The van der Waals surface area contributed by atoms with Gasteiger partial charge in [0.15, 0.2) is 0 Å². The van der Waals surface area contributed by atoms with E-state index in [1.54, 1.807) is 23.8 Å². The summed E-state index contributed by atoms with van der Waals surface area (Å²) in [5, 5.41) is 3.32. The maximum atomic E-state index is 13.1. The number of rotatable bonds is 9. The molecule has 0 atom stereocenters. The fourth-order valence-corrected chi connectivity index (χ4v) is 6.18. The van der Waals surface area contributed by atoms with Crippen molar-refractivity contribution in [2.45, 2.75) is 4.90 Å². The molecule has 2 heterocycles. The monoisotopic (exact) mass is 476 g/mol. The molecule has 6 nitrogen and oxygen atoms in total. The molecule has 2 aliphatic heterocycles. The lowest BCUT2D eigenvalue weighted by Gasteiger charge is -2.16. The Kier molecular flexibility index (Phi) is 7.52. The number of amides is 1. The number of carbonyl (C=O) groups excluding carboxylic acids is 1. The van der Waals surface area contributed by atoms with Gasteiger partial charge in [0.05, 0.1) is 50.3 Å². The quantitative estimate of drug-likeness (QED) is 0.305. The number of hydrogen-bond acceptors (Lipinski definition) is 8. The molecule has 0 aliphatic carbocycles. The molecule has 1 amide bonds. The molecule has 4 rings (SSSR count). The van der Waals surface area contributed by atoms with Crippen LogP contribution in [0.1, 0.15) is 0 Å². The number of nitrogens with zero attached hydrogens (tertiary/aromatic N) is 2. The number of fused-ring (bicyclic) bond motifs is 3. The Labute approximate surface area is 195 Å². The molecule has 0 spiro atoms. The summed E-state index contributed by atoms with van der Waals surface area (Å²) in [7, 11) is 3.64. The van der Waals surface area contributed by atoms with Crippen LogP contribution < -0.4 is 4.90 Å². The second kappa shape index (κ2) is 10.3. The molecular formula is C22H24N2O4S3. The maximum absolute atomic E-state index is 13.1. The minimum absolute atomic E-state index is 0.0543. The van der Waals surface area contributed by atoms with E-state index in [2.05, 4.69) is 29.2 Å². The molecule has 0 unspecified atom stereocenters. The van der Waals surface area contributed by atoms with Crippen LogP contribution in [0.4, 0.5) is 5.69 Å². The number of thiocarbonyl (C=S) groups is 1. The van der Waals surface area contributed by atoms with Gasteiger partial charge in [-0.25, -0.2) is 0 Å². The molecule has 31 heavy (non-hydrogen) atoms. The maximum Gasteiger partial charge on any atom is 0.268 e. The van der Waals surface area contributed by atoms with Crippen molar-refractivity contribution >= 4 is 62.4 Å². The van der Waals surface area contributed by atoms with Crippen molar-refractivity contribution in [2.24, 2.45) is 0 Å². The van der Waals surface area contributed by atoms with E-state index in [9.17, 15) is 4.79 Å². The molecule has 2 aromatic carbocycles. The summed E-state index contributed by atoms with van der Waals surface area (Å²) in [6.07, 6.45) is 0. The van der Waals surface area contributed by atoms with Crippen LogP contribution in [-0.4, -0.2) is 68.9 Å².